The average Bonchev–Trinajstić information content (AvgIpc) is 1.69. The third-order valence-corrected chi connectivity index (χ3v) is 0.471. The van der Waals surface area contributed by atoms with Crippen molar-refractivity contribution in [2.75, 3.05) is 13.2 Å². The molecular weight excluding hydrogens is 144 g/mol. The van der Waals surface area contributed by atoms with Crippen LogP contribution in [0.1, 0.15) is 0 Å². The Bertz CT molecular complexity index is 53.5. The van der Waals surface area contributed by atoms with E-state index < -0.39 is 0 Å². The first-order chi connectivity index (χ1) is 3.41. The Morgan fingerprint density at radius 2 is 1.50 bits per heavy atom. The standard InChI is InChI=1S/C6H10O.Fe/c1-3-5-7-6-4-2;/h3-4H,1-2,5-6H2;. The number of hydrogen-bond donors (Lipinski definition) is 0. The Labute approximate surface area is 60.9 Å². The summed E-state index contributed by atoms with van der Waals surface area (Å²) >= 11 is 0. The first kappa shape index (κ1) is 10.9. The molecule has 0 saturated heterocycles. The largest absolute Gasteiger partial charge is 0.373 e. The van der Waals surface area contributed by atoms with E-state index in [1.54, 1.807) is 12.2 Å². The van der Waals surface area contributed by atoms with Gasteiger partial charge < -0.3 is 4.74 Å². The van der Waals surface area contributed by atoms with E-state index >= 15 is 0 Å². The summed E-state index contributed by atoms with van der Waals surface area (Å²) in [6.45, 7) is 8.18. The van der Waals surface area contributed by atoms with Gasteiger partial charge in [0.05, 0.1) is 13.2 Å². The summed E-state index contributed by atoms with van der Waals surface area (Å²) in [6, 6.07) is 0. The summed E-state index contributed by atoms with van der Waals surface area (Å²) < 4.78 is 4.90. The van der Waals surface area contributed by atoms with Crippen LogP contribution in [-0.2, 0) is 21.8 Å². The number of hydrogen-bond acceptors (Lipinski definition) is 1. The van der Waals surface area contributed by atoms with Crippen molar-refractivity contribution in [3.8, 4) is 0 Å². The minimum atomic E-state index is 0. The van der Waals surface area contributed by atoms with Crippen LogP contribution in [0, 0.1) is 0 Å². The first-order valence-electron chi connectivity index (χ1n) is 2.21. The van der Waals surface area contributed by atoms with Gasteiger partial charge in [-0.3, -0.25) is 0 Å². The maximum Gasteiger partial charge on any atom is 0.0649 e. The molecule has 0 saturated carbocycles. The molecule has 8 heavy (non-hydrogen) atoms. The van der Waals surface area contributed by atoms with Crippen molar-refractivity contribution >= 4 is 0 Å². The summed E-state index contributed by atoms with van der Waals surface area (Å²) in [5.41, 5.74) is 0. The minimum absolute atomic E-state index is 0. The summed E-state index contributed by atoms with van der Waals surface area (Å²) in [5.74, 6) is 0. The van der Waals surface area contributed by atoms with E-state index in [0.29, 0.717) is 13.2 Å². The quantitative estimate of drug-likeness (QED) is 0.337. The second-order valence-corrected chi connectivity index (χ2v) is 1.11. The summed E-state index contributed by atoms with van der Waals surface area (Å²) in [6.07, 6.45) is 3.42. The van der Waals surface area contributed by atoms with E-state index in [-0.39, 0.29) is 17.1 Å². The van der Waals surface area contributed by atoms with E-state index in [2.05, 4.69) is 13.2 Å². The molecule has 0 radical (unpaired) electrons. The Kier molecular flexibility index (Phi) is 13.6. The van der Waals surface area contributed by atoms with Gasteiger partial charge in [0.1, 0.15) is 0 Å². The number of rotatable bonds is 4. The van der Waals surface area contributed by atoms with Crippen molar-refractivity contribution in [1.82, 2.24) is 0 Å². The Balaban J connectivity index is 0. The third-order valence-electron chi connectivity index (χ3n) is 0.471. The normalized spacial score (nSPS) is 7.00. The van der Waals surface area contributed by atoms with Gasteiger partial charge in [-0.1, -0.05) is 12.2 Å². The predicted molar refractivity (Wildman–Crippen MR) is 31.2 cm³/mol. The number of ether oxygens (including phenoxy) is 1. The van der Waals surface area contributed by atoms with Crippen LogP contribution in [0.15, 0.2) is 25.3 Å². The van der Waals surface area contributed by atoms with E-state index in [4.69, 9.17) is 4.74 Å². The minimum Gasteiger partial charge on any atom is -0.373 e. The molecule has 48 valence electrons. The molecule has 0 aliphatic carbocycles. The second kappa shape index (κ2) is 10.0. The fraction of sp³-hybridized carbons (Fsp3) is 0.333. The van der Waals surface area contributed by atoms with Crippen molar-refractivity contribution in [1.29, 1.82) is 0 Å². The smallest absolute Gasteiger partial charge is 0.0649 e. The monoisotopic (exact) mass is 154 g/mol. The van der Waals surface area contributed by atoms with Crippen LogP contribution in [-0.4, -0.2) is 13.2 Å². The predicted octanol–water partition coefficient (Wildman–Crippen LogP) is 1.37. The molecule has 1 nitrogen and oxygen atoms in total. The molecule has 0 N–H and O–H groups in total. The fourth-order valence-electron chi connectivity index (χ4n) is 0.235. The first-order valence-corrected chi connectivity index (χ1v) is 2.21. The van der Waals surface area contributed by atoms with Gasteiger partial charge in [-0.2, -0.15) is 0 Å². The van der Waals surface area contributed by atoms with Crippen molar-refractivity contribution in [2.24, 2.45) is 0 Å². The van der Waals surface area contributed by atoms with Crippen LogP contribution in [0.4, 0.5) is 0 Å². The van der Waals surface area contributed by atoms with Gasteiger partial charge in [-0.05, 0) is 0 Å². The van der Waals surface area contributed by atoms with Gasteiger partial charge in [0.15, 0.2) is 0 Å². The zero-order chi connectivity index (χ0) is 5.54. The molecule has 0 heterocycles. The van der Waals surface area contributed by atoms with Crippen LogP contribution in [0.25, 0.3) is 0 Å². The zero-order valence-electron chi connectivity index (χ0n) is 4.74. The van der Waals surface area contributed by atoms with Gasteiger partial charge in [0, 0.05) is 17.1 Å². The molecule has 0 unspecified atom stereocenters. The molecule has 0 aromatic carbocycles. The molecule has 0 spiro atoms. The molecule has 2 heteroatoms. The Morgan fingerprint density at radius 3 is 1.75 bits per heavy atom. The SMILES string of the molecule is C=CCOCC=C.[Fe]. The molecule has 0 amide bonds. The van der Waals surface area contributed by atoms with E-state index in [1.165, 1.54) is 0 Å². The molecule has 0 aliphatic rings. The molecular formula is C6H10FeO. The van der Waals surface area contributed by atoms with Gasteiger partial charge in [-0.15, -0.1) is 13.2 Å². The van der Waals surface area contributed by atoms with Crippen LogP contribution in [0.2, 0.25) is 0 Å². The molecule has 0 aliphatic heterocycles. The molecule has 0 bridgehead atoms. The molecule has 0 aromatic heterocycles. The van der Waals surface area contributed by atoms with Crippen molar-refractivity contribution < 1.29 is 21.8 Å². The van der Waals surface area contributed by atoms with Crippen molar-refractivity contribution in [2.45, 2.75) is 0 Å². The zero-order valence-corrected chi connectivity index (χ0v) is 5.85. The average molecular weight is 154 g/mol. The summed E-state index contributed by atoms with van der Waals surface area (Å²) in [7, 11) is 0. The van der Waals surface area contributed by atoms with Crippen LogP contribution in [0.5, 0.6) is 0 Å². The van der Waals surface area contributed by atoms with Crippen molar-refractivity contribution in [3.05, 3.63) is 25.3 Å². The van der Waals surface area contributed by atoms with Gasteiger partial charge in [0.25, 0.3) is 0 Å². The van der Waals surface area contributed by atoms with Crippen LogP contribution < -0.4 is 0 Å². The second-order valence-electron chi connectivity index (χ2n) is 1.11. The van der Waals surface area contributed by atoms with Crippen LogP contribution >= 0.6 is 0 Å². The van der Waals surface area contributed by atoms with Crippen LogP contribution in [0.3, 0.4) is 0 Å². The van der Waals surface area contributed by atoms with E-state index in [0.717, 1.165) is 0 Å². The Morgan fingerprint density at radius 1 is 1.12 bits per heavy atom. The van der Waals surface area contributed by atoms with Gasteiger partial charge in [0.2, 0.25) is 0 Å². The molecule has 0 atom stereocenters. The summed E-state index contributed by atoms with van der Waals surface area (Å²) in [5, 5.41) is 0. The Hall–Kier alpha value is -0.0405. The third kappa shape index (κ3) is 9.35. The van der Waals surface area contributed by atoms with Gasteiger partial charge >= 0.3 is 0 Å². The molecule has 0 rings (SSSR count). The summed E-state index contributed by atoms with van der Waals surface area (Å²) in [4.78, 5) is 0. The molecule has 0 aromatic rings. The van der Waals surface area contributed by atoms with E-state index in [9.17, 15) is 0 Å². The van der Waals surface area contributed by atoms with Crippen molar-refractivity contribution in [3.63, 3.8) is 0 Å². The molecule has 0 fully saturated rings. The fourth-order valence-corrected chi connectivity index (χ4v) is 0.235. The maximum absolute atomic E-state index is 4.90. The van der Waals surface area contributed by atoms with E-state index in [1.807, 2.05) is 0 Å². The maximum atomic E-state index is 4.90. The van der Waals surface area contributed by atoms with Gasteiger partial charge in [-0.25, -0.2) is 0 Å². The topological polar surface area (TPSA) is 9.23 Å².